The lowest BCUT2D eigenvalue weighted by atomic mass is 9.88. The molecule has 0 fully saturated rings. The maximum atomic E-state index is 11.9. The molecular formula is C16H31NO4. The molecule has 124 valence electrons. The van der Waals surface area contributed by atoms with Crippen molar-refractivity contribution < 1.29 is 19.1 Å². The highest BCUT2D eigenvalue weighted by atomic mass is 16.5. The lowest BCUT2D eigenvalue weighted by molar-refractivity contribution is -0.152. The van der Waals surface area contributed by atoms with E-state index in [1.165, 1.54) is 20.0 Å². The van der Waals surface area contributed by atoms with Crippen molar-refractivity contribution >= 4 is 11.9 Å². The number of esters is 2. The number of ether oxygens (including phenoxy) is 2. The van der Waals surface area contributed by atoms with Crippen molar-refractivity contribution in [2.24, 2.45) is 23.5 Å². The topological polar surface area (TPSA) is 78.6 Å². The number of carbonyl (C=O) groups is 2. The van der Waals surface area contributed by atoms with Gasteiger partial charge in [-0.3, -0.25) is 9.59 Å². The number of methoxy groups -OCH3 is 1. The summed E-state index contributed by atoms with van der Waals surface area (Å²) in [7, 11) is 1.26. The van der Waals surface area contributed by atoms with Gasteiger partial charge in [-0.05, 0) is 24.7 Å². The quantitative estimate of drug-likeness (QED) is 0.627. The molecule has 0 heterocycles. The van der Waals surface area contributed by atoms with Crippen molar-refractivity contribution in [1.29, 1.82) is 0 Å². The summed E-state index contributed by atoms with van der Waals surface area (Å²) in [5, 5.41) is 0. The second-order valence-corrected chi connectivity index (χ2v) is 6.13. The molecule has 0 aliphatic carbocycles. The van der Waals surface area contributed by atoms with E-state index in [-0.39, 0.29) is 18.5 Å². The minimum Gasteiger partial charge on any atom is -0.468 e. The van der Waals surface area contributed by atoms with Crippen LogP contribution in [0.5, 0.6) is 0 Å². The molecule has 0 saturated carbocycles. The minimum absolute atomic E-state index is 0.129. The van der Waals surface area contributed by atoms with Gasteiger partial charge in [-0.1, -0.05) is 40.5 Å². The first-order valence-corrected chi connectivity index (χ1v) is 7.81. The van der Waals surface area contributed by atoms with Crippen LogP contribution in [0.15, 0.2) is 0 Å². The number of rotatable bonds is 10. The molecule has 0 aromatic carbocycles. The van der Waals surface area contributed by atoms with E-state index in [0.29, 0.717) is 11.8 Å². The third-order valence-electron chi connectivity index (χ3n) is 3.65. The summed E-state index contributed by atoms with van der Waals surface area (Å²) in [6.07, 6.45) is 4.32. The summed E-state index contributed by atoms with van der Waals surface area (Å²) >= 11 is 0. The van der Waals surface area contributed by atoms with Gasteiger partial charge in [0.05, 0.1) is 13.0 Å². The van der Waals surface area contributed by atoms with Crippen LogP contribution in [0.25, 0.3) is 0 Å². The second kappa shape index (κ2) is 10.6. The number of nitrogens with two attached hydrogens (primary N) is 1. The summed E-state index contributed by atoms with van der Waals surface area (Å²) in [6, 6.07) is -0.909. The van der Waals surface area contributed by atoms with Gasteiger partial charge in [-0.25, -0.2) is 0 Å². The van der Waals surface area contributed by atoms with Crippen LogP contribution in [0, 0.1) is 17.8 Å². The Kier molecular flexibility index (Phi) is 10.0. The fraction of sp³-hybridized carbons (Fsp3) is 0.875. The molecule has 0 aromatic heterocycles. The molecule has 0 saturated heterocycles. The van der Waals surface area contributed by atoms with Crippen molar-refractivity contribution in [3.05, 3.63) is 0 Å². The number of carbonyl (C=O) groups excluding carboxylic acids is 2. The molecule has 5 heteroatoms. The van der Waals surface area contributed by atoms with Gasteiger partial charge in [-0.15, -0.1) is 0 Å². The van der Waals surface area contributed by atoms with E-state index in [0.717, 1.165) is 12.8 Å². The van der Waals surface area contributed by atoms with Crippen molar-refractivity contribution in [2.45, 2.75) is 59.4 Å². The Bertz CT molecular complexity index is 319. The van der Waals surface area contributed by atoms with Crippen LogP contribution in [0.3, 0.4) is 0 Å². The predicted octanol–water partition coefficient (Wildman–Crippen LogP) is 2.52. The Morgan fingerprint density at radius 3 is 2.19 bits per heavy atom. The van der Waals surface area contributed by atoms with Crippen LogP contribution in [-0.4, -0.2) is 31.7 Å². The average Bonchev–Trinajstić information content (AvgIpc) is 2.43. The summed E-state index contributed by atoms with van der Waals surface area (Å²) in [5.41, 5.74) is 5.52. The van der Waals surface area contributed by atoms with Crippen LogP contribution in [0.1, 0.15) is 53.4 Å². The number of hydrogen-bond donors (Lipinski definition) is 1. The van der Waals surface area contributed by atoms with E-state index in [1.54, 1.807) is 0 Å². The van der Waals surface area contributed by atoms with E-state index in [4.69, 9.17) is 10.5 Å². The fourth-order valence-electron chi connectivity index (χ4n) is 2.63. The van der Waals surface area contributed by atoms with Crippen LogP contribution < -0.4 is 5.73 Å². The van der Waals surface area contributed by atoms with E-state index >= 15 is 0 Å². The molecule has 21 heavy (non-hydrogen) atoms. The van der Waals surface area contributed by atoms with E-state index in [9.17, 15) is 9.59 Å². The first-order valence-electron chi connectivity index (χ1n) is 7.81. The van der Waals surface area contributed by atoms with Crippen molar-refractivity contribution in [1.82, 2.24) is 0 Å². The summed E-state index contributed by atoms with van der Waals surface area (Å²) in [4.78, 5) is 23.0. The van der Waals surface area contributed by atoms with E-state index < -0.39 is 12.0 Å². The van der Waals surface area contributed by atoms with Crippen LogP contribution in [0.4, 0.5) is 0 Å². The maximum Gasteiger partial charge on any atom is 0.326 e. The largest absolute Gasteiger partial charge is 0.468 e. The standard InChI is InChI=1S/C16H31NO4/c1-6-7-11(2)8-12(3)9-13(4)15(18)21-10-14(17)16(19)20-5/h11-14H,6-10,17H2,1-5H3. The van der Waals surface area contributed by atoms with Gasteiger partial charge >= 0.3 is 11.9 Å². The van der Waals surface area contributed by atoms with Gasteiger partial charge in [-0.2, -0.15) is 0 Å². The van der Waals surface area contributed by atoms with Crippen LogP contribution >= 0.6 is 0 Å². The van der Waals surface area contributed by atoms with Crippen LogP contribution in [0.2, 0.25) is 0 Å². The molecule has 4 unspecified atom stereocenters. The third-order valence-corrected chi connectivity index (χ3v) is 3.65. The first-order chi connectivity index (χ1) is 9.81. The summed E-state index contributed by atoms with van der Waals surface area (Å²) in [5.74, 6) is 0.101. The van der Waals surface area contributed by atoms with Gasteiger partial charge in [0.25, 0.3) is 0 Å². The minimum atomic E-state index is -0.909. The van der Waals surface area contributed by atoms with Crippen molar-refractivity contribution in [3.8, 4) is 0 Å². The Labute approximate surface area is 128 Å². The molecule has 0 bridgehead atoms. The summed E-state index contributed by atoms with van der Waals surface area (Å²) < 4.78 is 9.56. The highest BCUT2D eigenvalue weighted by Gasteiger charge is 2.21. The highest BCUT2D eigenvalue weighted by Crippen LogP contribution is 2.23. The van der Waals surface area contributed by atoms with E-state index in [2.05, 4.69) is 25.5 Å². The molecule has 0 aliphatic rings. The number of hydrogen-bond acceptors (Lipinski definition) is 5. The van der Waals surface area contributed by atoms with Gasteiger partial charge in [0, 0.05) is 0 Å². The van der Waals surface area contributed by atoms with Gasteiger partial charge in [0.2, 0.25) is 0 Å². The molecule has 0 rings (SSSR count). The molecule has 0 spiro atoms. The lowest BCUT2D eigenvalue weighted by Crippen LogP contribution is -2.37. The van der Waals surface area contributed by atoms with Crippen molar-refractivity contribution in [2.75, 3.05) is 13.7 Å². The smallest absolute Gasteiger partial charge is 0.326 e. The Hall–Kier alpha value is -1.10. The molecule has 2 N–H and O–H groups in total. The Morgan fingerprint density at radius 1 is 1.05 bits per heavy atom. The molecule has 0 aliphatic heterocycles. The van der Waals surface area contributed by atoms with Gasteiger partial charge in [0.15, 0.2) is 0 Å². The Balaban J connectivity index is 4.06. The van der Waals surface area contributed by atoms with Crippen LogP contribution in [-0.2, 0) is 19.1 Å². The lowest BCUT2D eigenvalue weighted by Gasteiger charge is -2.20. The molecule has 4 atom stereocenters. The van der Waals surface area contributed by atoms with E-state index in [1.807, 2.05) is 6.92 Å². The zero-order valence-electron chi connectivity index (χ0n) is 14.1. The normalized spacial score (nSPS) is 16.7. The maximum absolute atomic E-state index is 11.9. The predicted molar refractivity (Wildman–Crippen MR) is 82.6 cm³/mol. The monoisotopic (exact) mass is 301 g/mol. The molecule has 0 amide bonds. The second-order valence-electron chi connectivity index (χ2n) is 6.13. The molecule has 5 nitrogen and oxygen atoms in total. The van der Waals surface area contributed by atoms with Gasteiger partial charge < -0.3 is 15.2 Å². The SMILES string of the molecule is CCCC(C)CC(C)CC(C)C(=O)OCC(N)C(=O)OC. The highest BCUT2D eigenvalue weighted by molar-refractivity contribution is 5.76. The molecular weight excluding hydrogens is 270 g/mol. The first kappa shape index (κ1) is 19.9. The molecule has 0 aromatic rings. The van der Waals surface area contributed by atoms with Gasteiger partial charge in [0.1, 0.15) is 12.6 Å². The fourth-order valence-corrected chi connectivity index (χ4v) is 2.63. The zero-order valence-corrected chi connectivity index (χ0v) is 14.1. The molecule has 0 radical (unpaired) electrons. The summed E-state index contributed by atoms with van der Waals surface area (Å²) in [6.45, 7) is 8.32. The zero-order chi connectivity index (χ0) is 16.4. The van der Waals surface area contributed by atoms with Crippen molar-refractivity contribution in [3.63, 3.8) is 0 Å². The average molecular weight is 301 g/mol. The third kappa shape index (κ3) is 8.71. The Morgan fingerprint density at radius 2 is 1.67 bits per heavy atom.